The van der Waals surface area contributed by atoms with Gasteiger partial charge in [0, 0.05) is 30.5 Å². The molecule has 0 fully saturated rings. The van der Waals surface area contributed by atoms with Gasteiger partial charge in [0.05, 0.1) is 5.56 Å². The Morgan fingerprint density at radius 1 is 1.08 bits per heavy atom. The van der Waals surface area contributed by atoms with Crippen molar-refractivity contribution in [3.8, 4) is 0 Å². The molecule has 1 amide bonds. The van der Waals surface area contributed by atoms with Crippen LogP contribution < -0.4 is 10.6 Å². The van der Waals surface area contributed by atoms with Gasteiger partial charge in [0.15, 0.2) is 0 Å². The van der Waals surface area contributed by atoms with Crippen LogP contribution in [0.25, 0.3) is 0 Å². The second-order valence-corrected chi connectivity index (χ2v) is 6.00. The Balaban J connectivity index is 1.74. The van der Waals surface area contributed by atoms with Crippen LogP contribution >= 0.6 is 11.6 Å². The number of nitrogens with zero attached hydrogens (tertiary/aromatic N) is 2. The number of hydrogen-bond acceptors (Lipinski definition) is 4. The van der Waals surface area contributed by atoms with Gasteiger partial charge in [-0.1, -0.05) is 43.5 Å². The summed E-state index contributed by atoms with van der Waals surface area (Å²) >= 11 is 5.85. The number of carbonyl (C=O) groups excluding carboxylic acids is 1. The van der Waals surface area contributed by atoms with Crippen molar-refractivity contribution in [3.63, 3.8) is 0 Å². The minimum Gasteiger partial charge on any atom is -0.354 e. The number of hydrogen-bond donors (Lipinski definition) is 2. The van der Waals surface area contributed by atoms with E-state index in [0.717, 1.165) is 24.9 Å². The Morgan fingerprint density at radius 3 is 2.46 bits per heavy atom. The molecular formula is C18H23ClN4O. The standard InChI is InChI=1S/C18H23ClN4O/c1-2-3-4-10-21-18-22-12-15(13-23-18)17(24)20-11-9-14-5-7-16(19)8-6-14/h5-8,12-13H,2-4,9-11H2,1H3,(H,20,24)(H,21,22,23). The fraction of sp³-hybridized carbons (Fsp3) is 0.389. The average molecular weight is 347 g/mol. The van der Waals surface area contributed by atoms with Gasteiger partial charge in [-0.3, -0.25) is 4.79 Å². The van der Waals surface area contributed by atoms with E-state index in [4.69, 9.17) is 11.6 Å². The zero-order valence-corrected chi connectivity index (χ0v) is 14.6. The highest BCUT2D eigenvalue weighted by Gasteiger charge is 2.06. The summed E-state index contributed by atoms with van der Waals surface area (Å²) in [5.41, 5.74) is 1.59. The van der Waals surface area contributed by atoms with Gasteiger partial charge in [0.1, 0.15) is 0 Å². The molecule has 0 spiro atoms. The fourth-order valence-electron chi connectivity index (χ4n) is 2.19. The van der Waals surface area contributed by atoms with Crippen molar-refractivity contribution in [2.24, 2.45) is 0 Å². The average Bonchev–Trinajstić information content (AvgIpc) is 2.61. The first-order chi connectivity index (χ1) is 11.7. The van der Waals surface area contributed by atoms with Crippen molar-refractivity contribution < 1.29 is 4.79 Å². The van der Waals surface area contributed by atoms with Gasteiger partial charge in [0.2, 0.25) is 5.95 Å². The van der Waals surface area contributed by atoms with Gasteiger partial charge in [-0.25, -0.2) is 9.97 Å². The summed E-state index contributed by atoms with van der Waals surface area (Å²) in [6, 6.07) is 7.60. The van der Waals surface area contributed by atoms with Crippen LogP contribution in [-0.2, 0) is 6.42 Å². The molecule has 2 rings (SSSR count). The van der Waals surface area contributed by atoms with E-state index in [1.807, 2.05) is 24.3 Å². The summed E-state index contributed by atoms with van der Waals surface area (Å²) in [5, 5.41) is 6.73. The summed E-state index contributed by atoms with van der Waals surface area (Å²) < 4.78 is 0. The number of aromatic nitrogens is 2. The third kappa shape index (κ3) is 6.16. The van der Waals surface area contributed by atoms with Gasteiger partial charge in [-0.15, -0.1) is 0 Å². The number of nitrogens with one attached hydrogen (secondary N) is 2. The summed E-state index contributed by atoms with van der Waals surface area (Å²) in [5.74, 6) is 0.394. The molecule has 1 aromatic heterocycles. The highest BCUT2D eigenvalue weighted by atomic mass is 35.5. The van der Waals surface area contributed by atoms with Crippen molar-refractivity contribution in [3.05, 3.63) is 52.8 Å². The molecule has 2 N–H and O–H groups in total. The van der Waals surface area contributed by atoms with Gasteiger partial charge >= 0.3 is 0 Å². The van der Waals surface area contributed by atoms with E-state index >= 15 is 0 Å². The number of anilines is 1. The Morgan fingerprint density at radius 2 is 1.79 bits per heavy atom. The van der Waals surface area contributed by atoms with Crippen LogP contribution in [0.1, 0.15) is 42.1 Å². The number of unbranched alkanes of at least 4 members (excludes halogenated alkanes) is 2. The van der Waals surface area contributed by atoms with E-state index in [1.165, 1.54) is 12.8 Å². The molecule has 24 heavy (non-hydrogen) atoms. The zero-order chi connectivity index (χ0) is 17.2. The highest BCUT2D eigenvalue weighted by Crippen LogP contribution is 2.09. The second-order valence-electron chi connectivity index (χ2n) is 5.56. The van der Waals surface area contributed by atoms with Crippen LogP contribution in [0.2, 0.25) is 5.02 Å². The molecule has 0 atom stereocenters. The van der Waals surface area contributed by atoms with Crippen molar-refractivity contribution in [2.75, 3.05) is 18.4 Å². The van der Waals surface area contributed by atoms with Crippen LogP contribution in [0.4, 0.5) is 5.95 Å². The normalized spacial score (nSPS) is 10.4. The third-order valence-corrected chi connectivity index (χ3v) is 3.84. The summed E-state index contributed by atoms with van der Waals surface area (Å²) in [7, 11) is 0. The van der Waals surface area contributed by atoms with E-state index in [2.05, 4.69) is 27.5 Å². The molecule has 0 aliphatic heterocycles. The molecular weight excluding hydrogens is 324 g/mol. The summed E-state index contributed by atoms with van der Waals surface area (Å²) in [6.07, 6.45) is 7.30. The molecule has 0 aliphatic carbocycles. The number of halogens is 1. The quantitative estimate of drug-likeness (QED) is 0.679. The van der Waals surface area contributed by atoms with E-state index in [-0.39, 0.29) is 5.91 Å². The van der Waals surface area contributed by atoms with E-state index in [0.29, 0.717) is 23.1 Å². The van der Waals surface area contributed by atoms with Gasteiger partial charge in [-0.05, 0) is 30.5 Å². The SMILES string of the molecule is CCCCCNc1ncc(C(=O)NCCc2ccc(Cl)cc2)cn1. The first-order valence-electron chi connectivity index (χ1n) is 8.27. The highest BCUT2D eigenvalue weighted by molar-refractivity contribution is 6.30. The predicted molar refractivity (Wildman–Crippen MR) is 97.5 cm³/mol. The third-order valence-electron chi connectivity index (χ3n) is 3.59. The monoisotopic (exact) mass is 346 g/mol. The lowest BCUT2D eigenvalue weighted by atomic mass is 10.1. The molecule has 0 aliphatic rings. The second kappa shape index (κ2) is 9.88. The molecule has 0 radical (unpaired) electrons. The molecule has 1 heterocycles. The van der Waals surface area contributed by atoms with Gasteiger partial charge in [-0.2, -0.15) is 0 Å². The molecule has 2 aromatic rings. The first kappa shape index (κ1) is 18.2. The minimum absolute atomic E-state index is 0.165. The van der Waals surface area contributed by atoms with Crippen LogP contribution in [0.15, 0.2) is 36.7 Å². The lowest BCUT2D eigenvalue weighted by Gasteiger charge is -2.07. The van der Waals surface area contributed by atoms with Crippen LogP contribution in [-0.4, -0.2) is 29.0 Å². The Hall–Kier alpha value is -2.14. The minimum atomic E-state index is -0.165. The Labute approximate surface area is 147 Å². The maximum absolute atomic E-state index is 12.1. The maximum Gasteiger partial charge on any atom is 0.254 e. The fourth-order valence-corrected chi connectivity index (χ4v) is 2.31. The molecule has 128 valence electrons. The van der Waals surface area contributed by atoms with Crippen molar-refractivity contribution in [1.29, 1.82) is 0 Å². The summed E-state index contributed by atoms with van der Waals surface area (Å²) in [6.45, 7) is 3.56. The van der Waals surface area contributed by atoms with E-state index < -0.39 is 0 Å². The van der Waals surface area contributed by atoms with Gasteiger partial charge in [0.25, 0.3) is 5.91 Å². The Bertz CT molecular complexity index is 628. The smallest absolute Gasteiger partial charge is 0.254 e. The van der Waals surface area contributed by atoms with Crippen LogP contribution in [0.3, 0.4) is 0 Å². The summed E-state index contributed by atoms with van der Waals surface area (Å²) in [4.78, 5) is 20.4. The number of benzene rings is 1. The molecule has 0 unspecified atom stereocenters. The molecule has 0 saturated carbocycles. The van der Waals surface area contributed by atoms with E-state index in [9.17, 15) is 4.79 Å². The predicted octanol–water partition coefficient (Wildman–Crippen LogP) is 3.70. The lowest BCUT2D eigenvalue weighted by Crippen LogP contribution is -2.26. The Kier molecular flexibility index (Phi) is 7.49. The zero-order valence-electron chi connectivity index (χ0n) is 13.9. The van der Waals surface area contributed by atoms with Crippen molar-refractivity contribution in [2.45, 2.75) is 32.6 Å². The van der Waals surface area contributed by atoms with Crippen molar-refractivity contribution >= 4 is 23.5 Å². The topological polar surface area (TPSA) is 66.9 Å². The van der Waals surface area contributed by atoms with Crippen LogP contribution in [0.5, 0.6) is 0 Å². The molecule has 5 nitrogen and oxygen atoms in total. The van der Waals surface area contributed by atoms with Crippen LogP contribution in [0, 0.1) is 0 Å². The van der Waals surface area contributed by atoms with Gasteiger partial charge < -0.3 is 10.6 Å². The van der Waals surface area contributed by atoms with Crippen molar-refractivity contribution in [1.82, 2.24) is 15.3 Å². The molecule has 0 bridgehead atoms. The van der Waals surface area contributed by atoms with E-state index in [1.54, 1.807) is 12.4 Å². The number of rotatable bonds is 9. The largest absolute Gasteiger partial charge is 0.354 e. The molecule has 1 aromatic carbocycles. The molecule has 0 saturated heterocycles. The first-order valence-corrected chi connectivity index (χ1v) is 8.65. The number of amides is 1. The molecule has 6 heteroatoms. The lowest BCUT2D eigenvalue weighted by molar-refractivity contribution is 0.0953. The maximum atomic E-state index is 12.1. The number of carbonyl (C=O) groups is 1.